The van der Waals surface area contributed by atoms with E-state index in [1.165, 1.54) is 19.3 Å². The van der Waals surface area contributed by atoms with Gasteiger partial charge in [-0.2, -0.15) is 11.3 Å². The molecule has 2 aliphatic heterocycles. The number of likely N-dealkylation sites (tertiary alicyclic amines) is 1. The van der Waals surface area contributed by atoms with Gasteiger partial charge in [0.15, 0.2) is 0 Å². The third-order valence-electron chi connectivity index (χ3n) is 5.17. The minimum absolute atomic E-state index is 0.206. The van der Waals surface area contributed by atoms with Crippen LogP contribution in [-0.2, 0) is 30.8 Å². The fourth-order valence-electron chi connectivity index (χ4n) is 3.74. The number of rotatable bonds is 4. The lowest BCUT2D eigenvalue weighted by atomic mass is 10.1. The Bertz CT molecular complexity index is 705. The van der Waals surface area contributed by atoms with Gasteiger partial charge in [-0.05, 0) is 54.7 Å². The molecule has 0 saturated carbocycles. The summed E-state index contributed by atoms with van der Waals surface area (Å²) in [5, 5.41) is 12.9. The van der Waals surface area contributed by atoms with Crippen LogP contribution in [0.1, 0.15) is 42.6 Å². The molecule has 0 aromatic carbocycles. The third kappa shape index (κ3) is 3.93. The van der Waals surface area contributed by atoms with E-state index in [1.54, 1.807) is 11.3 Å². The van der Waals surface area contributed by atoms with Gasteiger partial charge in [-0.1, -0.05) is 11.6 Å². The summed E-state index contributed by atoms with van der Waals surface area (Å²) in [6.07, 6.45) is 5.31. The van der Waals surface area contributed by atoms with Crippen LogP contribution in [0.15, 0.2) is 16.8 Å². The Morgan fingerprint density at radius 3 is 2.80 bits per heavy atom. The van der Waals surface area contributed by atoms with Crippen LogP contribution >= 0.6 is 11.3 Å². The maximum absolute atomic E-state index is 12.7. The van der Waals surface area contributed by atoms with Crippen LogP contribution in [-0.4, -0.2) is 50.3 Å². The van der Waals surface area contributed by atoms with E-state index in [2.05, 4.69) is 20.6 Å². The lowest BCUT2D eigenvalue weighted by Gasteiger charge is -2.26. The molecule has 4 rings (SSSR count). The summed E-state index contributed by atoms with van der Waals surface area (Å²) in [6, 6.07) is 2.04. The standard InChI is InChI=1S/C18H25N5OS/c24-18(11-15-5-10-25-14-15)22-8-4-9-23-17(13-22)16(19-20-23)12-21-6-2-1-3-7-21/h5,10,14H,1-4,6-9,11-13H2. The van der Waals surface area contributed by atoms with E-state index in [1.807, 2.05) is 21.0 Å². The number of aryl methyl sites for hydroxylation is 1. The van der Waals surface area contributed by atoms with Crippen LogP contribution in [0.4, 0.5) is 0 Å². The minimum atomic E-state index is 0.206. The van der Waals surface area contributed by atoms with Crippen molar-refractivity contribution in [1.29, 1.82) is 0 Å². The van der Waals surface area contributed by atoms with Gasteiger partial charge in [-0.3, -0.25) is 9.69 Å². The lowest BCUT2D eigenvalue weighted by Crippen LogP contribution is -2.33. The average molecular weight is 359 g/mol. The summed E-state index contributed by atoms with van der Waals surface area (Å²) >= 11 is 1.64. The molecule has 0 spiro atoms. The Labute approximate surface area is 152 Å². The van der Waals surface area contributed by atoms with Crippen molar-refractivity contribution < 1.29 is 4.79 Å². The van der Waals surface area contributed by atoms with E-state index in [0.29, 0.717) is 13.0 Å². The van der Waals surface area contributed by atoms with Crippen LogP contribution < -0.4 is 0 Å². The van der Waals surface area contributed by atoms with Crippen LogP contribution in [0, 0.1) is 0 Å². The average Bonchev–Trinajstić information content (AvgIpc) is 3.21. The highest BCUT2D eigenvalue weighted by Gasteiger charge is 2.24. The van der Waals surface area contributed by atoms with E-state index in [4.69, 9.17) is 0 Å². The molecule has 0 aliphatic carbocycles. The van der Waals surface area contributed by atoms with Crippen molar-refractivity contribution in [3.05, 3.63) is 33.8 Å². The summed E-state index contributed by atoms with van der Waals surface area (Å²) in [6.45, 7) is 5.45. The second-order valence-corrected chi connectivity index (χ2v) is 7.80. The molecule has 2 aliphatic rings. The first kappa shape index (κ1) is 16.7. The van der Waals surface area contributed by atoms with Crippen molar-refractivity contribution in [3.8, 4) is 0 Å². The van der Waals surface area contributed by atoms with Gasteiger partial charge in [-0.15, -0.1) is 5.10 Å². The molecule has 0 bridgehead atoms. The molecule has 0 unspecified atom stereocenters. The zero-order valence-electron chi connectivity index (χ0n) is 14.6. The molecular formula is C18H25N5OS. The number of nitrogens with zero attached hydrogens (tertiary/aromatic N) is 5. The first-order valence-electron chi connectivity index (χ1n) is 9.22. The van der Waals surface area contributed by atoms with E-state index >= 15 is 0 Å². The number of carbonyl (C=O) groups excluding carboxylic acids is 1. The van der Waals surface area contributed by atoms with E-state index in [9.17, 15) is 4.79 Å². The number of hydrogen-bond acceptors (Lipinski definition) is 5. The predicted octanol–water partition coefficient (Wildman–Crippen LogP) is 2.30. The first-order valence-corrected chi connectivity index (χ1v) is 10.2. The van der Waals surface area contributed by atoms with Crippen molar-refractivity contribution in [2.75, 3.05) is 19.6 Å². The predicted molar refractivity (Wildman–Crippen MR) is 97.2 cm³/mol. The van der Waals surface area contributed by atoms with Crippen LogP contribution in [0.5, 0.6) is 0 Å². The monoisotopic (exact) mass is 359 g/mol. The molecule has 6 nitrogen and oxygen atoms in total. The SMILES string of the molecule is O=C(Cc1ccsc1)N1CCCn2nnc(CN3CCCCC3)c2C1. The Morgan fingerprint density at radius 2 is 2.00 bits per heavy atom. The summed E-state index contributed by atoms with van der Waals surface area (Å²) in [4.78, 5) is 17.2. The largest absolute Gasteiger partial charge is 0.336 e. The van der Waals surface area contributed by atoms with Gasteiger partial charge in [0.05, 0.1) is 18.7 Å². The van der Waals surface area contributed by atoms with Crippen molar-refractivity contribution in [2.45, 2.75) is 51.7 Å². The van der Waals surface area contributed by atoms with Crippen molar-refractivity contribution in [1.82, 2.24) is 24.8 Å². The van der Waals surface area contributed by atoms with Crippen molar-refractivity contribution in [2.24, 2.45) is 0 Å². The van der Waals surface area contributed by atoms with Gasteiger partial charge in [0.25, 0.3) is 0 Å². The van der Waals surface area contributed by atoms with Crippen molar-refractivity contribution >= 4 is 17.2 Å². The molecule has 0 N–H and O–H groups in total. The van der Waals surface area contributed by atoms with Gasteiger partial charge in [0, 0.05) is 19.6 Å². The second kappa shape index (κ2) is 7.66. The number of carbonyl (C=O) groups is 1. The second-order valence-electron chi connectivity index (χ2n) is 7.02. The number of aromatic nitrogens is 3. The number of thiophene rings is 1. The van der Waals surface area contributed by atoms with E-state index in [-0.39, 0.29) is 5.91 Å². The first-order chi connectivity index (χ1) is 12.3. The minimum Gasteiger partial charge on any atom is -0.336 e. The Balaban J connectivity index is 1.47. The number of piperidine rings is 1. The van der Waals surface area contributed by atoms with Gasteiger partial charge in [-0.25, -0.2) is 4.68 Å². The molecule has 2 aromatic heterocycles. The maximum Gasteiger partial charge on any atom is 0.227 e. The van der Waals surface area contributed by atoms with Gasteiger partial charge in [0.2, 0.25) is 5.91 Å². The van der Waals surface area contributed by atoms with Crippen LogP contribution in [0.25, 0.3) is 0 Å². The molecule has 134 valence electrons. The molecule has 7 heteroatoms. The summed E-state index contributed by atoms with van der Waals surface area (Å²) in [7, 11) is 0. The fourth-order valence-corrected chi connectivity index (χ4v) is 4.41. The number of amides is 1. The molecule has 1 amide bonds. The summed E-state index contributed by atoms with van der Waals surface area (Å²) in [5.74, 6) is 0.206. The highest BCUT2D eigenvalue weighted by atomic mass is 32.1. The number of fused-ring (bicyclic) bond motifs is 1. The molecule has 25 heavy (non-hydrogen) atoms. The topological polar surface area (TPSA) is 54.3 Å². The normalized spacial score (nSPS) is 18.8. The Morgan fingerprint density at radius 1 is 1.12 bits per heavy atom. The van der Waals surface area contributed by atoms with Crippen molar-refractivity contribution in [3.63, 3.8) is 0 Å². The van der Waals surface area contributed by atoms with Crippen LogP contribution in [0.2, 0.25) is 0 Å². The molecule has 1 fully saturated rings. The molecule has 4 heterocycles. The van der Waals surface area contributed by atoms with Gasteiger partial charge in [0.1, 0.15) is 5.69 Å². The molecular weight excluding hydrogens is 334 g/mol. The highest BCUT2D eigenvalue weighted by molar-refractivity contribution is 7.07. The lowest BCUT2D eigenvalue weighted by molar-refractivity contribution is -0.131. The van der Waals surface area contributed by atoms with Gasteiger partial charge < -0.3 is 4.90 Å². The third-order valence-corrected chi connectivity index (χ3v) is 5.90. The molecule has 0 radical (unpaired) electrons. The highest BCUT2D eigenvalue weighted by Crippen LogP contribution is 2.19. The zero-order chi connectivity index (χ0) is 17.1. The Hall–Kier alpha value is -1.73. The fraction of sp³-hybridized carbons (Fsp3) is 0.611. The zero-order valence-corrected chi connectivity index (χ0v) is 15.4. The molecule has 1 saturated heterocycles. The molecule has 2 aromatic rings. The van der Waals surface area contributed by atoms with E-state index < -0.39 is 0 Å². The maximum atomic E-state index is 12.7. The quantitative estimate of drug-likeness (QED) is 0.841. The smallest absolute Gasteiger partial charge is 0.227 e. The van der Waals surface area contributed by atoms with Crippen LogP contribution in [0.3, 0.4) is 0 Å². The number of hydrogen-bond donors (Lipinski definition) is 0. The Kier molecular flexibility index (Phi) is 5.12. The summed E-state index contributed by atoms with van der Waals surface area (Å²) < 4.78 is 2.01. The van der Waals surface area contributed by atoms with E-state index in [0.717, 1.165) is 56.1 Å². The van der Waals surface area contributed by atoms with Gasteiger partial charge >= 0.3 is 0 Å². The summed E-state index contributed by atoms with van der Waals surface area (Å²) in [5.41, 5.74) is 3.29. The molecule has 0 atom stereocenters.